The summed E-state index contributed by atoms with van der Waals surface area (Å²) < 4.78 is 2.03. The van der Waals surface area contributed by atoms with Crippen molar-refractivity contribution in [3.05, 3.63) is 18.5 Å². The normalized spacial score (nSPS) is 24.2. The van der Waals surface area contributed by atoms with Crippen LogP contribution in [0.3, 0.4) is 0 Å². The second-order valence-corrected chi connectivity index (χ2v) is 3.44. The van der Waals surface area contributed by atoms with E-state index in [-0.39, 0.29) is 0 Å². The van der Waals surface area contributed by atoms with E-state index in [9.17, 15) is 0 Å². The van der Waals surface area contributed by atoms with Crippen molar-refractivity contribution in [2.75, 3.05) is 13.1 Å². The predicted molar refractivity (Wildman–Crippen MR) is 47.8 cm³/mol. The van der Waals surface area contributed by atoms with E-state index >= 15 is 0 Å². The fourth-order valence-corrected chi connectivity index (χ4v) is 1.75. The summed E-state index contributed by atoms with van der Waals surface area (Å²) in [6.45, 7) is 3.41. The quantitative estimate of drug-likeness (QED) is 0.705. The molecule has 1 saturated heterocycles. The van der Waals surface area contributed by atoms with E-state index in [1.807, 2.05) is 23.1 Å². The molecular weight excluding hydrogens is 150 g/mol. The van der Waals surface area contributed by atoms with Crippen LogP contribution in [0.2, 0.25) is 0 Å². The second kappa shape index (κ2) is 3.72. The van der Waals surface area contributed by atoms with E-state index in [0.29, 0.717) is 0 Å². The van der Waals surface area contributed by atoms with Gasteiger partial charge in [0.2, 0.25) is 0 Å². The molecule has 1 fully saturated rings. The lowest BCUT2D eigenvalue weighted by Crippen LogP contribution is -2.32. The highest BCUT2D eigenvalue weighted by Crippen LogP contribution is 2.11. The Morgan fingerprint density at radius 2 is 2.58 bits per heavy atom. The highest BCUT2D eigenvalue weighted by Gasteiger charge is 2.12. The SMILES string of the molecule is c1cnn(C[C@H]2CCCNC2)c1. The number of hydrogen-bond donors (Lipinski definition) is 1. The number of piperidine rings is 1. The van der Waals surface area contributed by atoms with Gasteiger partial charge in [-0.05, 0) is 37.9 Å². The average molecular weight is 165 g/mol. The number of rotatable bonds is 2. The van der Waals surface area contributed by atoms with E-state index < -0.39 is 0 Å². The molecule has 3 nitrogen and oxygen atoms in total. The molecule has 66 valence electrons. The Bertz CT molecular complexity index is 212. The molecule has 0 aliphatic carbocycles. The Morgan fingerprint density at radius 1 is 1.58 bits per heavy atom. The zero-order valence-electron chi connectivity index (χ0n) is 7.24. The van der Waals surface area contributed by atoms with Gasteiger partial charge in [0.25, 0.3) is 0 Å². The highest BCUT2D eigenvalue weighted by atomic mass is 15.3. The molecule has 0 spiro atoms. The van der Waals surface area contributed by atoms with Crippen LogP contribution in [0, 0.1) is 5.92 Å². The molecule has 12 heavy (non-hydrogen) atoms. The Balaban J connectivity index is 1.86. The molecule has 2 heterocycles. The first kappa shape index (κ1) is 7.80. The molecular formula is C9H15N3. The van der Waals surface area contributed by atoms with Crippen molar-refractivity contribution in [3.8, 4) is 0 Å². The molecule has 0 unspecified atom stereocenters. The molecule has 1 N–H and O–H groups in total. The summed E-state index contributed by atoms with van der Waals surface area (Å²) in [5.41, 5.74) is 0. The zero-order chi connectivity index (χ0) is 8.23. The van der Waals surface area contributed by atoms with Gasteiger partial charge in [-0.15, -0.1) is 0 Å². The van der Waals surface area contributed by atoms with Gasteiger partial charge in [-0.3, -0.25) is 4.68 Å². The third kappa shape index (κ3) is 1.85. The fraction of sp³-hybridized carbons (Fsp3) is 0.667. The van der Waals surface area contributed by atoms with Crippen LogP contribution < -0.4 is 5.32 Å². The first-order valence-electron chi connectivity index (χ1n) is 4.63. The van der Waals surface area contributed by atoms with Gasteiger partial charge >= 0.3 is 0 Å². The van der Waals surface area contributed by atoms with Crippen molar-refractivity contribution in [1.82, 2.24) is 15.1 Å². The third-order valence-electron chi connectivity index (χ3n) is 2.40. The molecule has 1 atom stereocenters. The van der Waals surface area contributed by atoms with Crippen molar-refractivity contribution in [2.45, 2.75) is 19.4 Å². The van der Waals surface area contributed by atoms with E-state index in [0.717, 1.165) is 19.0 Å². The summed E-state index contributed by atoms with van der Waals surface area (Å²) in [5, 5.41) is 7.61. The minimum Gasteiger partial charge on any atom is -0.316 e. The summed E-state index contributed by atoms with van der Waals surface area (Å²) in [7, 11) is 0. The van der Waals surface area contributed by atoms with Crippen LogP contribution in [0.1, 0.15) is 12.8 Å². The summed E-state index contributed by atoms with van der Waals surface area (Å²) in [4.78, 5) is 0. The first-order valence-corrected chi connectivity index (χ1v) is 4.63. The van der Waals surface area contributed by atoms with E-state index in [1.54, 1.807) is 0 Å². The van der Waals surface area contributed by atoms with Gasteiger partial charge in [-0.2, -0.15) is 5.10 Å². The van der Waals surface area contributed by atoms with Crippen molar-refractivity contribution in [3.63, 3.8) is 0 Å². The fourth-order valence-electron chi connectivity index (χ4n) is 1.75. The Hall–Kier alpha value is -0.830. The molecule has 3 heteroatoms. The topological polar surface area (TPSA) is 29.9 Å². The second-order valence-electron chi connectivity index (χ2n) is 3.44. The molecule has 2 rings (SSSR count). The monoisotopic (exact) mass is 165 g/mol. The number of nitrogens with zero attached hydrogens (tertiary/aromatic N) is 2. The van der Waals surface area contributed by atoms with Gasteiger partial charge in [-0.25, -0.2) is 0 Å². The maximum atomic E-state index is 4.20. The number of hydrogen-bond acceptors (Lipinski definition) is 2. The van der Waals surface area contributed by atoms with Gasteiger partial charge in [0, 0.05) is 18.9 Å². The molecule has 1 aromatic heterocycles. The molecule has 0 bridgehead atoms. The molecule has 0 saturated carbocycles. The van der Waals surface area contributed by atoms with Crippen molar-refractivity contribution >= 4 is 0 Å². The Kier molecular flexibility index (Phi) is 2.42. The molecule has 0 radical (unpaired) electrons. The molecule has 1 aromatic rings. The minimum atomic E-state index is 0.777. The summed E-state index contributed by atoms with van der Waals surface area (Å²) in [6, 6.07) is 1.98. The third-order valence-corrected chi connectivity index (χ3v) is 2.40. The lowest BCUT2D eigenvalue weighted by Gasteiger charge is -2.22. The minimum absolute atomic E-state index is 0.777. The van der Waals surface area contributed by atoms with Gasteiger partial charge in [0.1, 0.15) is 0 Å². The summed E-state index contributed by atoms with van der Waals surface area (Å²) in [6.07, 6.45) is 6.53. The average Bonchev–Trinajstić information content (AvgIpc) is 2.59. The van der Waals surface area contributed by atoms with Gasteiger partial charge in [0.15, 0.2) is 0 Å². The predicted octanol–water partition coefficient (Wildman–Crippen LogP) is 0.883. The van der Waals surface area contributed by atoms with E-state index in [1.165, 1.54) is 19.4 Å². The lowest BCUT2D eigenvalue weighted by atomic mass is 10.00. The highest BCUT2D eigenvalue weighted by molar-refractivity contribution is 4.79. The zero-order valence-corrected chi connectivity index (χ0v) is 7.24. The maximum absolute atomic E-state index is 4.20. The van der Waals surface area contributed by atoms with Crippen LogP contribution in [0.15, 0.2) is 18.5 Å². The summed E-state index contributed by atoms with van der Waals surface area (Å²) in [5.74, 6) is 0.777. The van der Waals surface area contributed by atoms with E-state index in [2.05, 4.69) is 10.4 Å². The Morgan fingerprint density at radius 3 is 3.25 bits per heavy atom. The first-order chi connectivity index (χ1) is 5.95. The molecule has 1 aliphatic heterocycles. The van der Waals surface area contributed by atoms with Crippen molar-refractivity contribution < 1.29 is 0 Å². The van der Waals surface area contributed by atoms with Crippen molar-refractivity contribution in [1.29, 1.82) is 0 Å². The largest absolute Gasteiger partial charge is 0.316 e. The van der Waals surface area contributed by atoms with Crippen LogP contribution in [-0.4, -0.2) is 22.9 Å². The van der Waals surface area contributed by atoms with Crippen LogP contribution >= 0.6 is 0 Å². The Labute approximate surface area is 72.8 Å². The van der Waals surface area contributed by atoms with E-state index in [4.69, 9.17) is 0 Å². The lowest BCUT2D eigenvalue weighted by molar-refractivity contribution is 0.325. The number of aromatic nitrogens is 2. The van der Waals surface area contributed by atoms with Crippen LogP contribution in [0.25, 0.3) is 0 Å². The van der Waals surface area contributed by atoms with Gasteiger partial charge in [-0.1, -0.05) is 0 Å². The smallest absolute Gasteiger partial charge is 0.0489 e. The van der Waals surface area contributed by atoms with Gasteiger partial charge in [0.05, 0.1) is 0 Å². The standard InChI is InChI=1S/C9H15N3/c1-3-9(7-10-4-1)8-12-6-2-5-11-12/h2,5-6,9-10H,1,3-4,7-8H2/t9-/m0/s1. The summed E-state index contributed by atoms with van der Waals surface area (Å²) >= 11 is 0. The maximum Gasteiger partial charge on any atom is 0.0489 e. The number of nitrogens with one attached hydrogen (secondary N) is 1. The van der Waals surface area contributed by atoms with Gasteiger partial charge < -0.3 is 5.32 Å². The van der Waals surface area contributed by atoms with Crippen LogP contribution in [0.5, 0.6) is 0 Å². The van der Waals surface area contributed by atoms with Crippen LogP contribution in [0.4, 0.5) is 0 Å². The molecule has 0 aromatic carbocycles. The molecule has 1 aliphatic rings. The molecule has 0 amide bonds. The van der Waals surface area contributed by atoms with Crippen molar-refractivity contribution in [2.24, 2.45) is 5.92 Å². The van der Waals surface area contributed by atoms with Crippen LogP contribution in [-0.2, 0) is 6.54 Å².